The summed E-state index contributed by atoms with van der Waals surface area (Å²) >= 11 is -0.556. The summed E-state index contributed by atoms with van der Waals surface area (Å²) in [7, 11) is 12.3. The number of benzene rings is 3. The molecule has 1 atom stereocenters. The third kappa shape index (κ3) is 7.02. The van der Waals surface area contributed by atoms with E-state index in [1.54, 1.807) is 0 Å². The molecule has 0 heterocycles. The standard InChI is InChI=1S/C23H26NOP.2ClH.Ti/c1-16-13-18(3)22(25)21(14-16)26-23-17(2)9-8-10-19(23)15-24(4)20-11-6-5-7-12-20;;;/h5-14,25-26H,15H2,1-4H3;2*1H;/q;;;+2/p-2. The summed E-state index contributed by atoms with van der Waals surface area (Å²) in [6, 6.07) is 21.1. The Bertz CT molecular complexity index is 938. The fourth-order valence-electron chi connectivity index (χ4n) is 3.26. The molecule has 2 nitrogen and oxygen atoms in total. The topological polar surface area (TPSA) is 23.5 Å². The van der Waals surface area contributed by atoms with E-state index in [0.717, 1.165) is 17.4 Å². The third-order valence-corrected chi connectivity index (χ3v) is 6.28. The Morgan fingerprint density at radius 3 is 2.24 bits per heavy atom. The van der Waals surface area contributed by atoms with E-state index in [0.29, 0.717) is 14.3 Å². The van der Waals surface area contributed by atoms with E-state index in [9.17, 15) is 5.11 Å². The fraction of sp³-hybridized carbons (Fsp3) is 0.217. The van der Waals surface area contributed by atoms with Crippen LogP contribution >= 0.6 is 27.2 Å². The number of phenolic OH excluding ortho intramolecular Hbond substituents is 1. The number of anilines is 1. The Morgan fingerprint density at radius 2 is 1.59 bits per heavy atom. The molecule has 1 N–H and O–H groups in total. The molecule has 0 aliphatic rings. The summed E-state index contributed by atoms with van der Waals surface area (Å²) in [4.78, 5) is 2.27. The van der Waals surface area contributed by atoms with Crippen LogP contribution in [0.25, 0.3) is 0 Å². The number of aromatic hydroxyl groups is 1. The Kier molecular flexibility index (Phi) is 10.0. The van der Waals surface area contributed by atoms with Gasteiger partial charge >= 0.3 is 35.6 Å². The van der Waals surface area contributed by atoms with Crippen LogP contribution < -0.4 is 15.5 Å². The van der Waals surface area contributed by atoms with Gasteiger partial charge < -0.3 is 10.0 Å². The fourth-order valence-corrected chi connectivity index (χ4v) is 4.75. The van der Waals surface area contributed by atoms with Crippen LogP contribution in [-0.4, -0.2) is 12.2 Å². The average molecular weight is 482 g/mol. The average Bonchev–Trinajstić information content (AvgIpc) is 2.69. The monoisotopic (exact) mass is 481 g/mol. The van der Waals surface area contributed by atoms with Crippen LogP contribution in [0.1, 0.15) is 22.3 Å². The number of rotatable bonds is 5. The minimum atomic E-state index is -0.556. The molecule has 3 aromatic rings. The van der Waals surface area contributed by atoms with E-state index >= 15 is 0 Å². The van der Waals surface area contributed by atoms with Crippen molar-refractivity contribution in [2.45, 2.75) is 27.3 Å². The number of hydrogen-bond acceptors (Lipinski definition) is 2. The van der Waals surface area contributed by atoms with Crippen molar-refractivity contribution in [1.29, 1.82) is 0 Å². The van der Waals surface area contributed by atoms with Gasteiger partial charge in [0.2, 0.25) is 0 Å². The van der Waals surface area contributed by atoms with E-state index in [2.05, 4.69) is 74.3 Å². The summed E-state index contributed by atoms with van der Waals surface area (Å²) < 4.78 is 0. The normalized spacial score (nSPS) is 10.6. The Balaban J connectivity index is 0.000000941. The zero-order chi connectivity index (χ0) is 21.4. The van der Waals surface area contributed by atoms with E-state index in [4.69, 9.17) is 18.6 Å². The number of halogens is 2. The minimum absolute atomic E-state index is 0.430. The molecule has 0 saturated carbocycles. The molecule has 0 aliphatic heterocycles. The van der Waals surface area contributed by atoms with Crippen molar-refractivity contribution in [2.24, 2.45) is 0 Å². The molecule has 0 aliphatic carbocycles. The van der Waals surface area contributed by atoms with Crippen LogP contribution in [0.5, 0.6) is 5.75 Å². The van der Waals surface area contributed by atoms with Crippen molar-refractivity contribution in [3.05, 3.63) is 82.9 Å². The van der Waals surface area contributed by atoms with Crippen molar-refractivity contribution >= 4 is 43.5 Å². The third-order valence-electron chi connectivity index (χ3n) is 4.67. The molecule has 0 fully saturated rings. The van der Waals surface area contributed by atoms with Crippen molar-refractivity contribution in [3.63, 3.8) is 0 Å². The van der Waals surface area contributed by atoms with Crippen molar-refractivity contribution in [2.75, 3.05) is 11.9 Å². The summed E-state index contributed by atoms with van der Waals surface area (Å²) in [5.74, 6) is 0.430. The first-order chi connectivity index (χ1) is 13.9. The van der Waals surface area contributed by atoms with Crippen molar-refractivity contribution < 1.29 is 22.1 Å². The van der Waals surface area contributed by atoms with Gasteiger partial charge in [-0.3, -0.25) is 0 Å². The molecule has 1 unspecified atom stereocenters. The molecular weight excluding hydrogens is 456 g/mol. The zero-order valence-electron chi connectivity index (χ0n) is 17.1. The molecule has 3 aromatic carbocycles. The van der Waals surface area contributed by atoms with Gasteiger partial charge in [-0.1, -0.05) is 51.0 Å². The molecule has 6 heteroatoms. The molecule has 152 valence electrons. The molecule has 0 aromatic heterocycles. The first-order valence-electron chi connectivity index (χ1n) is 9.25. The Labute approximate surface area is 192 Å². The predicted octanol–water partition coefficient (Wildman–Crippen LogP) is 5.96. The van der Waals surface area contributed by atoms with Gasteiger partial charge in [-0.05, 0) is 66.5 Å². The molecule has 0 spiro atoms. The Hall–Kier alpha value is -1.02. The second-order valence-corrected chi connectivity index (χ2v) is 10.8. The first kappa shape index (κ1) is 24.3. The second kappa shape index (κ2) is 12.0. The van der Waals surface area contributed by atoms with Crippen LogP contribution in [0.3, 0.4) is 0 Å². The maximum absolute atomic E-state index is 10.5. The predicted molar refractivity (Wildman–Crippen MR) is 127 cm³/mol. The summed E-state index contributed by atoms with van der Waals surface area (Å²) in [6.07, 6.45) is 0. The van der Waals surface area contributed by atoms with Gasteiger partial charge in [0.15, 0.2) is 0 Å². The molecule has 0 saturated heterocycles. The van der Waals surface area contributed by atoms with Crippen LogP contribution in [0.15, 0.2) is 60.7 Å². The van der Waals surface area contributed by atoms with Gasteiger partial charge in [0, 0.05) is 24.6 Å². The van der Waals surface area contributed by atoms with Gasteiger partial charge in [0.25, 0.3) is 0 Å². The zero-order valence-corrected chi connectivity index (χ0v) is 21.2. The molecular formula is C23H26Cl2NOPTi. The molecule has 0 bridgehead atoms. The van der Waals surface area contributed by atoms with Crippen molar-refractivity contribution in [3.8, 4) is 5.75 Å². The summed E-state index contributed by atoms with van der Waals surface area (Å²) in [5, 5.41) is 12.9. The van der Waals surface area contributed by atoms with E-state index in [1.165, 1.54) is 27.7 Å². The maximum atomic E-state index is 10.5. The van der Waals surface area contributed by atoms with Gasteiger partial charge in [-0.25, -0.2) is 0 Å². The van der Waals surface area contributed by atoms with Crippen LogP contribution in [0.4, 0.5) is 5.69 Å². The summed E-state index contributed by atoms with van der Waals surface area (Å²) in [6.45, 7) is 7.06. The molecule has 3 rings (SSSR count). The van der Waals surface area contributed by atoms with E-state index in [1.807, 2.05) is 19.1 Å². The van der Waals surface area contributed by atoms with E-state index < -0.39 is 17.0 Å². The number of aryl methyl sites for hydroxylation is 3. The molecule has 29 heavy (non-hydrogen) atoms. The van der Waals surface area contributed by atoms with Crippen LogP contribution in [0, 0.1) is 20.8 Å². The Morgan fingerprint density at radius 1 is 0.931 bits per heavy atom. The van der Waals surface area contributed by atoms with Crippen LogP contribution in [-0.2, 0) is 23.6 Å². The second-order valence-electron chi connectivity index (χ2n) is 6.98. The molecule has 0 amide bonds. The first-order valence-corrected chi connectivity index (χ1v) is 14.5. The van der Waals surface area contributed by atoms with Crippen molar-refractivity contribution in [1.82, 2.24) is 0 Å². The number of nitrogens with zero attached hydrogens (tertiary/aromatic N) is 1. The summed E-state index contributed by atoms with van der Waals surface area (Å²) in [5.41, 5.74) is 5.94. The quantitative estimate of drug-likeness (QED) is 0.359. The van der Waals surface area contributed by atoms with Gasteiger partial charge in [0.1, 0.15) is 5.75 Å². The number of para-hydroxylation sites is 1. The van der Waals surface area contributed by atoms with Gasteiger partial charge in [-0.15, -0.1) is 0 Å². The SMILES string of the molecule is Cc1cc(C)c(O)c(Pc2c(C)cccc2CN(C)c2ccccc2)c1.[Cl][Ti][Cl]. The molecule has 0 radical (unpaired) electrons. The van der Waals surface area contributed by atoms with Crippen LogP contribution in [0.2, 0.25) is 0 Å². The van der Waals surface area contributed by atoms with E-state index in [-0.39, 0.29) is 0 Å². The van der Waals surface area contributed by atoms with Gasteiger partial charge in [0.05, 0.1) is 0 Å². The van der Waals surface area contributed by atoms with Gasteiger partial charge in [-0.2, -0.15) is 0 Å². The number of hydrogen-bond donors (Lipinski definition) is 1. The number of phenols is 1.